The zero-order chi connectivity index (χ0) is 20.1. The zero-order valence-electron chi connectivity index (χ0n) is 15.2. The van der Waals surface area contributed by atoms with Crippen LogP contribution in [0.4, 0.5) is 20.2 Å². The number of para-hydroxylation sites is 1. The van der Waals surface area contributed by atoms with Gasteiger partial charge in [-0.25, -0.2) is 8.78 Å². The SMILES string of the molecule is CN(CCCNc1cnn(-c2ccc(F)cc2F)c(=O)c1Cl)c1ccccc1. The van der Waals surface area contributed by atoms with Gasteiger partial charge in [0.2, 0.25) is 0 Å². The Hall–Kier alpha value is -2.93. The number of rotatable bonds is 7. The van der Waals surface area contributed by atoms with Gasteiger partial charge < -0.3 is 10.2 Å². The van der Waals surface area contributed by atoms with Crippen molar-refractivity contribution in [2.45, 2.75) is 6.42 Å². The summed E-state index contributed by atoms with van der Waals surface area (Å²) in [7, 11) is 2.00. The van der Waals surface area contributed by atoms with Crippen LogP contribution in [0.1, 0.15) is 6.42 Å². The molecule has 1 heterocycles. The van der Waals surface area contributed by atoms with Gasteiger partial charge >= 0.3 is 0 Å². The van der Waals surface area contributed by atoms with Crippen molar-refractivity contribution in [3.05, 3.63) is 81.7 Å². The van der Waals surface area contributed by atoms with Gasteiger partial charge in [-0.1, -0.05) is 29.8 Å². The minimum absolute atomic E-state index is 0.102. The van der Waals surface area contributed by atoms with E-state index in [4.69, 9.17) is 11.6 Å². The summed E-state index contributed by atoms with van der Waals surface area (Å²) in [6.07, 6.45) is 2.16. The Bertz CT molecular complexity index is 1010. The molecule has 3 aromatic rings. The van der Waals surface area contributed by atoms with E-state index < -0.39 is 17.2 Å². The third kappa shape index (κ3) is 4.48. The quantitative estimate of drug-likeness (QED) is 0.602. The normalized spacial score (nSPS) is 10.7. The molecule has 0 fully saturated rings. The highest BCUT2D eigenvalue weighted by molar-refractivity contribution is 6.32. The summed E-state index contributed by atoms with van der Waals surface area (Å²) in [4.78, 5) is 14.5. The smallest absolute Gasteiger partial charge is 0.292 e. The highest BCUT2D eigenvalue weighted by Crippen LogP contribution is 2.18. The van der Waals surface area contributed by atoms with Crippen LogP contribution in [0, 0.1) is 11.6 Å². The molecule has 0 aliphatic heterocycles. The second kappa shape index (κ2) is 8.84. The van der Waals surface area contributed by atoms with Crippen LogP contribution in [0.15, 0.2) is 59.5 Å². The Labute approximate surface area is 166 Å². The number of nitrogens with zero attached hydrogens (tertiary/aromatic N) is 3. The van der Waals surface area contributed by atoms with Crippen molar-refractivity contribution in [2.24, 2.45) is 0 Å². The van der Waals surface area contributed by atoms with Crippen LogP contribution in [0.3, 0.4) is 0 Å². The van der Waals surface area contributed by atoms with Gasteiger partial charge in [-0.2, -0.15) is 9.78 Å². The van der Waals surface area contributed by atoms with E-state index in [0.29, 0.717) is 18.3 Å². The average molecular weight is 405 g/mol. The number of anilines is 2. The summed E-state index contributed by atoms with van der Waals surface area (Å²) in [5.74, 6) is -1.63. The number of aromatic nitrogens is 2. The van der Waals surface area contributed by atoms with Crippen molar-refractivity contribution < 1.29 is 8.78 Å². The van der Waals surface area contributed by atoms with Crippen LogP contribution in [0.5, 0.6) is 0 Å². The number of nitrogens with one attached hydrogen (secondary N) is 1. The van der Waals surface area contributed by atoms with E-state index in [1.54, 1.807) is 0 Å². The monoisotopic (exact) mass is 404 g/mol. The van der Waals surface area contributed by atoms with Gasteiger partial charge in [0, 0.05) is 31.9 Å². The van der Waals surface area contributed by atoms with Gasteiger partial charge in [0.1, 0.15) is 16.5 Å². The van der Waals surface area contributed by atoms with Gasteiger partial charge in [-0.15, -0.1) is 0 Å². The molecule has 0 amide bonds. The maximum atomic E-state index is 13.9. The van der Waals surface area contributed by atoms with E-state index in [1.807, 2.05) is 37.4 Å². The van der Waals surface area contributed by atoms with Crippen molar-refractivity contribution in [2.75, 3.05) is 30.4 Å². The predicted molar refractivity (Wildman–Crippen MR) is 108 cm³/mol. The second-order valence-corrected chi connectivity index (χ2v) is 6.60. The molecule has 28 heavy (non-hydrogen) atoms. The fourth-order valence-electron chi connectivity index (χ4n) is 2.73. The Morgan fingerprint density at radius 2 is 1.93 bits per heavy atom. The fourth-order valence-corrected chi connectivity index (χ4v) is 2.93. The first-order valence-corrected chi connectivity index (χ1v) is 9.08. The summed E-state index contributed by atoms with van der Waals surface area (Å²) in [6, 6.07) is 12.9. The first kappa shape index (κ1) is 19.8. The van der Waals surface area contributed by atoms with Crippen LogP contribution in [-0.2, 0) is 0 Å². The van der Waals surface area contributed by atoms with Crippen molar-refractivity contribution in [3.8, 4) is 5.69 Å². The van der Waals surface area contributed by atoms with Gasteiger partial charge in [-0.3, -0.25) is 4.79 Å². The van der Waals surface area contributed by atoms with E-state index in [1.165, 1.54) is 6.20 Å². The Morgan fingerprint density at radius 3 is 2.64 bits per heavy atom. The molecule has 8 heteroatoms. The van der Waals surface area contributed by atoms with Crippen LogP contribution in [0.25, 0.3) is 5.69 Å². The molecule has 146 valence electrons. The first-order chi connectivity index (χ1) is 13.5. The molecule has 0 radical (unpaired) electrons. The summed E-state index contributed by atoms with van der Waals surface area (Å²) in [5.41, 5.74) is 0.641. The molecule has 0 spiro atoms. The van der Waals surface area contributed by atoms with Gasteiger partial charge in [0.05, 0.1) is 11.9 Å². The lowest BCUT2D eigenvalue weighted by atomic mass is 10.3. The Morgan fingerprint density at radius 1 is 1.18 bits per heavy atom. The number of hydrogen-bond donors (Lipinski definition) is 1. The molecule has 1 aromatic heterocycles. The van der Waals surface area contributed by atoms with Crippen LogP contribution in [0.2, 0.25) is 5.02 Å². The van der Waals surface area contributed by atoms with E-state index in [-0.39, 0.29) is 10.7 Å². The average Bonchev–Trinajstić information content (AvgIpc) is 2.69. The predicted octanol–water partition coefficient (Wildman–Crippen LogP) is 4.10. The second-order valence-electron chi connectivity index (χ2n) is 6.22. The number of benzene rings is 2. The molecule has 2 aromatic carbocycles. The van der Waals surface area contributed by atoms with E-state index >= 15 is 0 Å². The van der Waals surface area contributed by atoms with E-state index in [0.717, 1.165) is 35.5 Å². The minimum Gasteiger partial charge on any atom is -0.382 e. The van der Waals surface area contributed by atoms with Crippen molar-refractivity contribution in [1.82, 2.24) is 9.78 Å². The van der Waals surface area contributed by atoms with Crippen molar-refractivity contribution in [3.63, 3.8) is 0 Å². The van der Waals surface area contributed by atoms with E-state index in [9.17, 15) is 13.6 Å². The molecular weight excluding hydrogens is 386 g/mol. The molecule has 1 N–H and O–H groups in total. The Kier molecular flexibility index (Phi) is 6.26. The van der Waals surface area contributed by atoms with Crippen LogP contribution >= 0.6 is 11.6 Å². The molecule has 0 saturated carbocycles. The standard InChI is InChI=1S/C20H19ClF2N4O/c1-26(15-6-3-2-4-7-15)11-5-10-24-17-13-25-27(20(28)19(17)21)18-9-8-14(22)12-16(18)23/h2-4,6-9,12-13,24H,5,10-11H2,1H3. The van der Waals surface area contributed by atoms with Crippen molar-refractivity contribution >= 4 is 23.0 Å². The summed E-state index contributed by atoms with van der Waals surface area (Å²) < 4.78 is 27.8. The lowest BCUT2D eigenvalue weighted by Gasteiger charge is -2.19. The Balaban J connectivity index is 1.64. The highest BCUT2D eigenvalue weighted by atomic mass is 35.5. The van der Waals surface area contributed by atoms with Crippen LogP contribution < -0.4 is 15.8 Å². The molecular formula is C20H19ClF2N4O. The molecule has 0 aliphatic rings. The van der Waals surface area contributed by atoms with Crippen molar-refractivity contribution in [1.29, 1.82) is 0 Å². The van der Waals surface area contributed by atoms with Gasteiger partial charge in [-0.05, 0) is 30.7 Å². The van der Waals surface area contributed by atoms with Gasteiger partial charge in [0.25, 0.3) is 5.56 Å². The molecule has 0 aliphatic carbocycles. The third-order valence-corrected chi connectivity index (χ3v) is 4.60. The molecule has 0 atom stereocenters. The first-order valence-electron chi connectivity index (χ1n) is 8.70. The summed E-state index contributed by atoms with van der Waals surface area (Å²) in [6.45, 7) is 1.38. The minimum atomic E-state index is -0.893. The molecule has 0 saturated heterocycles. The molecule has 3 rings (SSSR count). The number of hydrogen-bond acceptors (Lipinski definition) is 4. The number of halogens is 3. The maximum absolute atomic E-state index is 13.9. The molecule has 5 nitrogen and oxygen atoms in total. The lowest BCUT2D eigenvalue weighted by Crippen LogP contribution is -2.24. The summed E-state index contributed by atoms with van der Waals surface area (Å²) >= 11 is 6.13. The van der Waals surface area contributed by atoms with Crippen LogP contribution in [-0.4, -0.2) is 29.9 Å². The highest BCUT2D eigenvalue weighted by Gasteiger charge is 2.14. The summed E-state index contributed by atoms with van der Waals surface area (Å²) in [5, 5.41) is 6.92. The lowest BCUT2D eigenvalue weighted by molar-refractivity contribution is 0.570. The molecule has 0 unspecified atom stereocenters. The topological polar surface area (TPSA) is 50.2 Å². The largest absolute Gasteiger partial charge is 0.382 e. The molecule has 0 bridgehead atoms. The zero-order valence-corrected chi connectivity index (χ0v) is 16.0. The van der Waals surface area contributed by atoms with Gasteiger partial charge in [0.15, 0.2) is 5.82 Å². The third-order valence-electron chi connectivity index (χ3n) is 4.24. The fraction of sp³-hybridized carbons (Fsp3) is 0.200. The van der Waals surface area contributed by atoms with E-state index in [2.05, 4.69) is 15.3 Å². The maximum Gasteiger partial charge on any atom is 0.292 e.